The van der Waals surface area contributed by atoms with Crippen LogP contribution in [0.15, 0.2) is 24.3 Å². The maximum atomic E-state index is 9.16. The van der Waals surface area contributed by atoms with Crippen molar-refractivity contribution in [3.05, 3.63) is 29.8 Å². The Kier molecular flexibility index (Phi) is 4.07. The first-order valence-electron chi connectivity index (χ1n) is 6.28. The summed E-state index contributed by atoms with van der Waals surface area (Å²) in [5, 5.41) is 18.3. The highest BCUT2D eigenvalue weighted by molar-refractivity contribution is 6.58. The maximum Gasteiger partial charge on any atom is 0.488 e. The summed E-state index contributed by atoms with van der Waals surface area (Å²) >= 11 is 0. The lowest BCUT2D eigenvalue weighted by Gasteiger charge is -2.38. The first-order valence-corrected chi connectivity index (χ1v) is 6.28. The molecule has 0 bridgehead atoms. The van der Waals surface area contributed by atoms with Crippen molar-refractivity contribution in [3.63, 3.8) is 0 Å². The normalized spacial score (nSPS) is 19.8. The topological polar surface area (TPSA) is 52.9 Å². The van der Waals surface area contributed by atoms with Gasteiger partial charge in [0.1, 0.15) is 0 Å². The van der Waals surface area contributed by atoms with E-state index in [1.165, 1.54) is 0 Å². The van der Waals surface area contributed by atoms with E-state index in [2.05, 4.69) is 18.7 Å². The Morgan fingerprint density at radius 1 is 1.39 bits per heavy atom. The van der Waals surface area contributed by atoms with Gasteiger partial charge in [-0.1, -0.05) is 24.3 Å². The Morgan fingerprint density at radius 3 is 2.83 bits per heavy atom. The van der Waals surface area contributed by atoms with Crippen molar-refractivity contribution >= 4 is 12.6 Å². The highest BCUT2D eigenvalue weighted by Crippen LogP contribution is 2.18. The minimum absolute atomic E-state index is 0.105. The van der Waals surface area contributed by atoms with E-state index in [0.29, 0.717) is 5.46 Å². The summed E-state index contributed by atoms with van der Waals surface area (Å²) in [6.45, 7) is 7.54. The van der Waals surface area contributed by atoms with E-state index in [4.69, 9.17) is 14.8 Å². The van der Waals surface area contributed by atoms with Crippen LogP contribution in [0.5, 0.6) is 0 Å². The molecule has 2 rings (SSSR count). The van der Waals surface area contributed by atoms with E-state index in [1.807, 2.05) is 18.2 Å². The highest BCUT2D eigenvalue weighted by Gasteiger charge is 2.27. The second-order valence-corrected chi connectivity index (χ2v) is 5.44. The number of hydrogen-bond donors (Lipinski definition) is 2. The zero-order valence-electron chi connectivity index (χ0n) is 11.0. The van der Waals surface area contributed by atoms with Gasteiger partial charge in [0, 0.05) is 19.6 Å². The number of morpholine rings is 1. The molecule has 5 heteroatoms. The zero-order chi connectivity index (χ0) is 13.2. The Balaban J connectivity index is 2.03. The fraction of sp³-hybridized carbons (Fsp3) is 0.538. The fourth-order valence-electron chi connectivity index (χ4n) is 2.36. The van der Waals surface area contributed by atoms with Crippen molar-refractivity contribution in [2.75, 3.05) is 19.7 Å². The average molecular weight is 249 g/mol. The summed E-state index contributed by atoms with van der Waals surface area (Å²) in [5.74, 6) is 0. The quantitative estimate of drug-likeness (QED) is 0.739. The third-order valence-electron chi connectivity index (χ3n) is 3.16. The molecule has 0 saturated carbocycles. The molecule has 0 unspecified atom stereocenters. The standard InChI is InChI=1S/C13H20BNO3/c1-13(2)10-15(6-7-18-13)9-11-4-3-5-12(8-11)14(16)17/h3-5,8,16-17H,6-7,9-10H2,1-2H3. The summed E-state index contributed by atoms with van der Waals surface area (Å²) < 4.78 is 5.67. The molecule has 1 aliphatic rings. The largest absolute Gasteiger partial charge is 0.488 e. The molecule has 0 aromatic heterocycles. The molecule has 1 fully saturated rings. The van der Waals surface area contributed by atoms with E-state index < -0.39 is 7.12 Å². The van der Waals surface area contributed by atoms with Gasteiger partial charge in [0.05, 0.1) is 12.2 Å². The molecule has 1 aliphatic heterocycles. The molecule has 0 atom stereocenters. The number of benzene rings is 1. The number of rotatable bonds is 3. The van der Waals surface area contributed by atoms with Gasteiger partial charge in [0.25, 0.3) is 0 Å². The molecule has 2 N–H and O–H groups in total. The van der Waals surface area contributed by atoms with Gasteiger partial charge in [-0.25, -0.2) is 0 Å². The molecule has 1 aromatic carbocycles. The second-order valence-electron chi connectivity index (χ2n) is 5.44. The third kappa shape index (κ3) is 3.56. The Labute approximate surface area is 108 Å². The second kappa shape index (κ2) is 5.40. The molecule has 0 radical (unpaired) electrons. The Bertz CT molecular complexity index is 409. The van der Waals surface area contributed by atoms with Crippen LogP contribution in [-0.2, 0) is 11.3 Å². The van der Waals surface area contributed by atoms with Gasteiger partial charge in [-0.3, -0.25) is 4.90 Å². The van der Waals surface area contributed by atoms with Crippen molar-refractivity contribution in [1.82, 2.24) is 4.90 Å². The monoisotopic (exact) mass is 249 g/mol. The predicted molar refractivity (Wildman–Crippen MR) is 71.6 cm³/mol. The van der Waals surface area contributed by atoms with Crippen molar-refractivity contribution in [3.8, 4) is 0 Å². The summed E-state index contributed by atoms with van der Waals surface area (Å²) in [5.41, 5.74) is 1.53. The van der Waals surface area contributed by atoms with E-state index in [-0.39, 0.29) is 5.60 Å². The van der Waals surface area contributed by atoms with Gasteiger partial charge in [-0.05, 0) is 24.9 Å². The summed E-state index contributed by atoms with van der Waals surface area (Å²) in [4.78, 5) is 2.33. The molecular formula is C13H20BNO3. The van der Waals surface area contributed by atoms with Crippen LogP contribution in [0.3, 0.4) is 0 Å². The molecule has 18 heavy (non-hydrogen) atoms. The van der Waals surface area contributed by atoms with Crippen molar-refractivity contribution < 1.29 is 14.8 Å². The fourth-order valence-corrected chi connectivity index (χ4v) is 2.36. The minimum atomic E-state index is -1.40. The van der Waals surface area contributed by atoms with Gasteiger partial charge in [0.2, 0.25) is 0 Å². The maximum absolute atomic E-state index is 9.16. The SMILES string of the molecule is CC1(C)CN(Cc2cccc(B(O)O)c2)CCO1. The first kappa shape index (κ1) is 13.6. The van der Waals surface area contributed by atoms with Crippen molar-refractivity contribution in [1.29, 1.82) is 0 Å². The van der Waals surface area contributed by atoms with Crippen LogP contribution in [0.1, 0.15) is 19.4 Å². The van der Waals surface area contributed by atoms with E-state index in [1.54, 1.807) is 6.07 Å². The van der Waals surface area contributed by atoms with Gasteiger partial charge >= 0.3 is 7.12 Å². The molecule has 0 amide bonds. The van der Waals surface area contributed by atoms with Crippen LogP contribution in [-0.4, -0.2) is 47.4 Å². The van der Waals surface area contributed by atoms with Crippen LogP contribution in [0, 0.1) is 0 Å². The molecule has 1 aromatic rings. The lowest BCUT2D eigenvalue weighted by Crippen LogP contribution is -2.47. The third-order valence-corrected chi connectivity index (χ3v) is 3.16. The van der Waals surface area contributed by atoms with Crippen LogP contribution in [0.2, 0.25) is 0 Å². The van der Waals surface area contributed by atoms with Crippen LogP contribution in [0.4, 0.5) is 0 Å². The van der Waals surface area contributed by atoms with Gasteiger partial charge in [-0.15, -0.1) is 0 Å². The Morgan fingerprint density at radius 2 is 2.17 bits per heavy atom. The molecule has 0 aliphatic carbocycles. The average Bonchev–Trinajstić information content (AvgIpc) is 2.28. The summed E-state index contributed by atoms with van der Waals surface area (Å²) in [6, 6.07) is 7.43. The van der Waals surface area contributed by atoms with Crippen LogP contribution in [0.25, 0.3) is 0 Å². The molecule has 1 saturated heterocycles. The number of hydrogen-bond acceptors (Lipinski definition) is 4. The van der Waals surface area contributed by atoms with E-state index >= 15 is 0 Å². The molecule has 0 spiro atoms. The van der Waals surface area contributed by atoms with Crippen molar-refractivity contribution in [2.45, 2.75) is 26.0 Å². The molecule has 1 heterocycles. The highest BCUT2D eigenvalue weighted by atomic mass is 16.5. The van der Waals surface area contributed by atoms with Gasteiger partial charge in [0.15, 0.2) is 0 Å². The Hall–Kier alpha value is -0.875. The van der Waals surface area contributed by atoms with E-state index in [0.717, 1.165) is 31.8 Å². The van der Waals surface area contributed by atoms with Gasteiger partial charge < -0.3 is 14.8 Å². The zero-order valence-corrected chi connectivity index (χ0v) is 11.0. The minimum Gasteiger partial charge on any atom is -0.423 e. The smallest absolute Gasteiger partial charge is 0.423 e. The number of ether oxygens (including phenoxy) is 1. The van der Waals surface area contributed by atoms with Crippen LogP contribution >= 0.6 is 0 Å². The molecular weight excluding hydrogens is 229 g/mol. The summed E-state index contributed by atoms with van der Waals surface area (Å²) in [7, 11) is -1.40. The molecule has 4 nitrogen and oxygen atoms in total. The lowest BCUT2D eigenvalue weighted by molar-refractivity contribution is -0.0882. The predicted octanol–water partition coefficient (Wildman–Crippen LogP) is -0.0228. The van der Waals surface area contributed by atoms with E-state index in [9.17, 15) is 0 Å². The summed E-state index contributed by atoms with van der Waals surface area (Å²) in [6.07, 6.45) is 0. The van der Waals surface area contributed by atoms with Gasteiger partial charge in [-0.2, -0.15) is 0 Å². The first-order chi connectivity index (χ1) is 8.46. The lowest BCUT2D eigenvalue weighted by atomic mass is 9.79. The number of nitrogens with zero attached hydrogens (tertiary/aromatic N) is 1. The van der Waals surface area contributed by atoms with Crippen molar-refractivity contribution in [2.24, 2.45) is 0 Å². The van der Waals surface area contributed by atoms with Crippen LogP contribution < -0.4 is 5.46 Å². The molecule has 98 valence electrons.